The van der Waals surface area contributed by atoms with Gasteiger partial charge in [-0.25, -0.2) is 4.98 Å². The minimum atomic E-state index is -0.0236. The summed E-state index contributed by atoms with van der Waals surface area (Å²) < 4.78 is 11.0. The fraction of sp³-hybridized carbons (Fsp3) is 0.105. The van der Waals surface area contributed by atoms with E-state index in [2.05, 4.69) is 15.3 Å². The highest BCUT2D eigenvalue weighted by Crippen LogP contribution is 2.35. The first-order valence-corrected chi connectivity index (χ1v) is 7.88. The predicted molar refractivity (Wildman–Crippen MR) is 99.2 cm³/mol. The maximum Gasteiger partial charge on any atom is 0.248 e. The van der Waals surface area contributed by atoms with E-state index in [1.165, 1.54) is 13.3 Å². The highest BCUT2D eigenvalue weighted by Gasteiger charge is 2.13. The zero-order valence-corrected chi connectivity index (χ0v) is 14.4. The molecule has 3 N–H and O–H groups in total. The van der Waals surface area contributed by atoms with Crippen molar-refractivity contribution in [1.82, 2.24) is 9.97 Å². The quantitative estimate of drug-likeness (QED) is 0.652. The Bertz CT molecular complexity index is 944. The number of nitrogens with one attached hydrogen (secondary N) is 1. The Hall–Kier alpha value is -3.61. The molecule has 132 valence electrons. The lowest BCUT2D eigenvalue weighted by atomic mass is 10.1. The predicted octanol–water partition coefficient (Wildman–Crippen LogP) is 3.81. The number of aromatic nitrogens is 2. The zero-order chi connectivity index (χ0) is 18.5. The first-order chi connectivity index (χ1) is 12.6. The summed E-state index contributed by atoms with van der Waals surface area (Å²) in [4.78, 5) is 19.8. The molecule has 0 radical (unpaired) electrons. The molecule has 0 saturated carbocycles. The second-order valence-corrected chi connectivity index (χ2v) is 5.46. The van der Waals surface area contributed by atoms with Gasteiger partial charge in [0.25, 0.3) is 0 Å². The molecule has 3 aromatic rings. The first-order valence-electron chi connectivity index (χ1n) is 7.88. The third-order valence-corrected chi connectivity index (χ3v) is 3.65. The molecule has 0 fully saturated rings. The molecule has 1 aromatic heterocycles. The summed E-state index contributed by atoms with van der Waals surface area (Å²) in [6, 6.07) is 14.3. The number of para-hydroxylation sites is 2. The molecular weight excluding hydrogens is 332 g/mol. The van der Waals surface area contributed by atoms with Gasteiger partial charge in [-0.2, -0.15) is 4.98 Å². The second-order valence-electron chi connectivity index (χ2n) is 5.46. The number of rotatable bonds is 6. The highest BCUT2D eigenvalue weighted by atomic mass is 16.5. The second kappa shape index (κ2) is 7.52. The van der Waals surface area contributed by atoms with Gasteiger partial charge < -0.3 is 20.5 Å². The molecule has 0 saturated heterocycles. The maximum absolute atomic E-state index is 11.5. The third-order valence-electron chi connectivity index (χ3n) is 3.65. The molecule has 0 atom stereocenters. The van der Waals surface area contributed by atoms with Crippen LogP contribution in [-0.2, 0) is 0 Å². The number of benzene rings is 2. The largest absolute Gasteiger partial charge is 0.493 e. The van der Waals surface area contributed by atoms with Crippen LogP contribution in [0.4, 0.5) is 17.2 Å². The molecule has 0 spiro atoms. The van der Waals surface area contributed by atoms with Crippen LogP contribution in [0.25, 0.3) is 0 Å². The van der Waals surface area contributed by atoms with Gasteiger partial charge in [-0.05, 0) is 31.2 Å². The standard InChI is InChI=1S/C19H18N4O3/c1-12(24)13-6-5-7-14(10-13)23-18-17(20)19(22-11-21-18)26-16-9-4-3-8-15(16)25-2/h3-11H,20H2,1-2H3,(H,21,22,23). The lowest BCUT2D eigenvalue weighted by molar-refractivity contribution is 0.101. The van der Waals surface area contributed by atoms with Gasteiger partial charge in [0.05, 0.1) is 7.11 Å². The topological polar surface area (TPSA) is 99.4 Å². The van der Waals surface area contributed by atoms with Crippen molar-refractivity contribution in [2.45, 2.75) is 6.92 Å². The summed E-state index contributed by atoms with van der Waals surface area (Å²) >= 11 is 0. The molecular formula is C19H18N4O3. The van der Waals surface area contributed by atoms with Gasteiger partial charge in [-0.3, -0.25) is 4.79 Å². The van der Waals surface area contributed by atoms with Gasteiger partial charge >= 0.3 is 0 Å². The number of nitrogens with zero attached hydrogens (tertiary/aromatic N) is 2. The summed E-state index contributed by atoms with van der Waals surface area (Å²) in [6.07, 6.45) is 1.35. The maximum atomic E-state index is 11.5. The van der Waals surface area contributed by atoms with E-state index < -0.39 is 0 Å². The van der Waals surface area contributed by atoms with Crippen LogP contribution in [0, 0.1) is 0 Å². The number of methoxy groups -OCH3 is 1. The van der Waals surface area contributed by atoms with Crippen LogP contribution < -0.4 is 20.5 Å². The summed E-state index contributed by atoms with van der Waals surface area (Å²) in [5.41, 5.74) is 7.67. The SMILES string of the molecule is COc1ccccc1Oc1ncnc(Nc2cccc(C(C)=O)c2)c1N. The Morgan fingerprint density at radius 1 is 1.08 bits per heavy atom. The number of ether oxygens (including phenoxy) is 2. The van der Waals surface area contributed by atoms with Crippen LogP contribution in [0.15, 0.2) is 54.9 Å². The number of nitrogens with two attached hydrogens (primary N) is 1. The van der Waals surface area contributed by atoms with Crippen molar-refractivity contribution < 1.29 is 14.3 Å². The van der Waals surface area contributed by atoms with Crippen molar-refractivity contribution in [3.8, 4) is 17.4 Å². The van der Waals surface area contributed by atoms with Gasteiger partial charge in [0.1, 0.15) is 12.0 Å². The van der Waals surface area contributed by atoms with Crippen molar-refractivity contribution >= 4 is 23.0 Å². The van der Waals surface area contributed by atoms with Crippen molar-refractivity contribution in [3.63, 3.8) is 0 Å². The van der Waals surface area contributed by atoms with Gasteiger partial charge in [0.15, 0.2) is 23.1 Å². The van der Waals surface area contributed by atoms with E-state index in [0.29, 0.717) is 28.6 Å². The molecule has 0 aliphatic carbocycles. The van der Waals surface area contributed by atoms with Gasteiger partial charge in [-0.15, -0.1) is 0 Å². The molecule has 0 amide bonds. The van der Waals surface area contributed by atoms with E-state index >= 15 is 0 Å². The van der Waals surface area contributed by atoms with Crippen molar-refractivity contribution in [2.75, 3.05) is 18.2 Å². The van der Waals surface area contributed by atoms with Crippen molar-refractivity contribution in [3.05, 3.63) is 60.4 Å². The van der Waals surface area contributed by atoms with Crippen LogP contribution >= 0.6 is 0 Å². The summed E-state index contributed by atoms with van der Waals surface area (Å²) in [5.74, 6) is 1.61. The Kier molecular flexibility index (Phi) is 4.98. The molecule has 0 unspecified atom stereocenters. The summed E-state index contributed by atoms with van der Waals surface area (Å²) in [7, 11) is 1.56. The number of carbonyl (C=O) groups is 1. The minimum Gasteiger partial charge on any atom is -0.493 e. The highest BCUT2D eigenvalue weighted by molar-refractivity contribution is 5.95. The zero-order valence-electron chi connectivity index (χ0n) is 14.4. The number of carbonyl (C=O) groups excluding carboxylic acids is 1. The monoisotopic (exact) mass is 350 g/mol. The van der Waals surface area contributed by atoms with Gasteiger partial charge in [0.2, 0.25) is 5.88 Å². The lowest BCUT2D eigenvalue weighted by Gasteiger charge is -2.13. The summed E-state index contributed by atoms with van der Waals surface area (Å²) in [5, 5.41) is 3.08. The van der Waals surface area contributed by atoms with E-state index in [1.54, 1.807) is 37.4 Å². The molecule has 0 bridgehead atoms. The number of anilines is 3. The normalized spacial score (nSPS) is 10.2. The fourth-order valence-corrected chi connectivity index (χ4v) is 2.32. The van der Waals surface area contributed by atoms with Crippen LogP contribution in [-0.4, -0.2) is 22.9 Å². The lowest BCUT2D eigenvalue weighted by Crippen LogP contribution is -2.04. The number of nitrogen functional groups attached to an aromatic ring is 1. The number of hydrogen-bond acceptors (Lipinski definition) is 7. The molecule has 3 rings (SSSR count). The minimum absolute atomic E-state index is 0.0236. The summed E-state index contributed by atoms with van der Waals surface area (Å²) in [6.45, 7) is 1.51. The molecule has 1 heterocycles. The van der Waals surface area contributed by atoms with E-state index in [0.717, 1.165) is 0 Å². The molecule has 7 nitrogen and oxygen atoms in total. The third kappa shape index (κ3) is 3.72. The fourth-order valence-electron chi connectivity index (χ4n) is 2.32. The number of hydrogen-bond donors (Lipinski definition) is 2. The van der Waals surface area contributed by atoms with Crippen LogP contribution in [0.1, 0.15) is 17.3 Å². The Labute approximate surface area is 150 Å². The molecule has 0 aliphatic heterocycles. The van der Waals surface area contributed by atoms with Gasteiger partial charge in [0, 0.05) is 11.3 Å². The molecule has 0 aliphatic rings. The van der Waals surface area contributed by atoms with Crippen LogP contribution in [0.5, 0.6) is 17.4 Å². The first kappa shape index (κ1) is 17.2. The Morgan fingerprint density at radius 3 is 2.58 bits per heavy atom. The van der Waals surface area contributed by atoms with Crippen LogP contribution in [0.2, 0.25) is 0 Å². The Balaban J connectivity index is 1.88. The van der Waals surface area contributed by atoms with E-state index in [1.807, 2.05) is 18.2 Å². The molecule has 26 heavy (non-hydrogen) atoms. The van der Waals surface area contributed by atoms with E-state index in [-0.39, 0.29) is 17.4 Å². The number of Topliss-reactive ketones (excluding diaryl/α,β-unsaturated/α-hetero) is 1. The average Bonchev–Trinajstić information content (AvgIpc) is 2.65. The number of ketones is 1. The molecule has 2 aromatic carbocycles. The van der Waals surface area contributed by atoms with E-state index in [4.69, 9.17) is 15.2 Å². The van der Waals surface area contributed by atoms with Crippen molar-refractivity contribution in [2.24, 2.45) is 0 Å². The van der Waals surface area contributed by atoms with E-state index in [9.17, 15) is 4.79 Å². The Morgan fingerprint density at radius 2 is 1.85 bits per heavy atom. The van der Waals surface area contributed by atoms with Crippen LogP contribution in [0.3, 0.4) is 0 Å². The van der Waals surface area contributed by atoms with Crippen molar-refractivity contribution in [1.29, 1.82) is 0 Å². The smallest absolute Gasteiger partial charge is 0.248 e. The van der Waals surface area contributed by atoms with Gasteiger partial charge in [-0.1, -0.05) is 24.3 Å². The molecule has 7 heteroatoms. The average molecular weight is 350 g/mol.